The Morgan fingerprint density at radius 2 is 1.65 bits per heavy atom. The predicted octanol–water partition coefficient (Wildman–Crippen LogP) is 6.01. The maximum absolute atomic E-state index is 13.8. The predicted molar refractivity (Wildman–Crippen MR) is 139 cm³/mol. The van der Waals surface area contributed by atoms with Gasteiger partial charge in [-0.15, -0.1) is 0 Å². The van der Waals surface area contributed by atoms with Gasteiger partial charge in [0, 0.05) is 33.0 Å². The van der Waals surface area contributed by atoms with Crippen LogP contribution in [-0.2, 0) is 17.8 Å². The number of halogens is 3. The van der Waals surface area contributed by atoms with E-state index >= 15 is 0 Å². The first-order valence-electron chi connectivity index (χ1n) is 10.4. The second-order valence-corrected chi connectivity index (χ2v) is 10.1. The molecule has 3 aromatic rings. The number of anilines is 1. The maximum atomic E-state index is 13.8. The summed E-state index contributed by atoms with van der Waals surface area (Å²) < 4.78 is 0.920. The third kappa shape index (κ3) is 4.69. The number of imide groups is 1. The summed E-state index contributed by atoms with van der Waals surface area (Å²) in [6.07, 6.45) is 0.308. The number of nitrogens with one attached hydrogen (secondary N) is 1. The van der Waals surface area contributed by atoms with Crippen LogP contribution in [0.15, 0.2) is 71.2 Å². The minimum atomic E-state index is -1.17. The Morgan fingerprint density at radius 1 is 1.00 bits per heavy atom. The highest BCUT2D eigenvalue weighted by atomic mass is 79.9. The summed E-state index contributed by atoms with van der Waals surface area (Å²) in [6.45, 7) is 1.92. The highest BCUT2D eigenvalue weighted by Gasteiger charge is 2.54. The standard InChI is InChI=1S/C25H21BrCl2N4O2/c1-25(13-15-5-7-18(26)8-6-15)23(33)32(21-11-19(27)10-20(28)12-21)24(34)31(25)14-16-3-2-4-17(9-16)22(29)30/h2-12H,13-14H2,1H3,(H3,29,30)/t25-/m1/s1. The van der Waals surface area contributed by atoms with Crippen LogP contribution in [0.4, 0.5) is 10.5 Å². The Hall–Kier alpha value is -2.87. The molecule has 4 rings (SSSR count). The lowest BCUT2D eigenvalue weighted by Crippen LogP contribution is -2.48. The SMILES string of the molecule is C[C@@]1(Cc2ccc(Br)cc2)C(=O)N(c2cc(Cl)cc(Cl)c2)C(=O)N1Cc1cccc(C(=N)N)c1. The molecule has 0 radical (unpaired) electrons. The van der Waals surface area contributed by atoms with E-state index in [1.807, 2.05) is 30.3 Å². The molecule has 0 bridgehead atoms. The van der Waals surface area contributed by atoms with E-state index in [0.29, 0.717) is 27.7 Å². The van der Waals surface area contributed by atoms with Crippen LogP contribution in [0.25, 0.3) is 0 Å². The van der Waals surface area contributed by atoms with Crippen LogP contribution in [0, 0.1) is 5.41 Å². The van der Waals surface area contributed by atoms with Gasteiger partial charge < -0.3 is 10.6 Å². The van der Waals surface area contributed by atoms with Crippen LogP contribution >= 0.6 is 39.1 Å². The number of amides is 3. The second-order valence-electron chi connectivity index (χ2n) is 8.33. The maximum Gasteiger partial charge on any atom is 0.332 e. The van der Waals surface area contributed by atoms with Crippen molar-refractivity contribution in [3.05, 3.63) is 97.9 Å². The zero-order valence-electron chi connectivity index (χ0n) is 18.2. The summed E-state index contributed by atoms with van der Waals surface area (Å²) in [7, 11) is 0. The average molecular weight is 560 g/mol. The van der Waals surface area contributed by atoms with E-state index in [1.165, 1.54) is 0 Å². The van der Waals surface area contributed by atoms with Gasteiger partial charge in [0.05, 0.1) is 5.69 Å². The molecule has 9 heteroatoms. The van der Waals surface area contributed by atoms with E-state index < -0.39 is 11.6 Å². The van der Waals surface area contributed by atoms with Crippen molar-refractivity contribution in [2.24, 2.45) is 5.73 Å². The van der Waals surface area contributed by atoms with Gasteiger partial charge in [-0.1, -0.05) is 69.5 Å². The molecule has 3 amide bonds. The van der Waals surface area contributed by atoms with E-state index in [-0.39, 0.29) is 18.3 Å². The molecule has 174 valence electrons. The van der Waals surface area contributed by atoms with Gasteiger partial charge in [0.25, 0.3) is 5.91 Å². The third-order valence-corrected chi connectivity index (χ3v) is 6.79. The molecular weight excluding hydrogens is 539 g/mol. The fourth-order valence-corrected chi connectivity index (χ4v) is 4.88. The Labute approximate surface area is 215 Å². The summed E-state index contributed by atoms with van der Waals surface area (Å²) in [5.74, 6) is -0.444. The van der Waals surface area contributed by atoms with E-state index in [1.54, 1.807) is 48.2 Å². The van der Waals surface area contributed by atoms with Gasteiger partial charge in [-0.05, 0) is 54.4 Å². The number of urea groups is 1. The lowest BCUT2D eigenvalue weighted by Gasteiger charge is -2.32. The van der Waals surface area contributed by atoms with Crippen LogP contribution in [0.5, 0.6) is 0 Å². The summed E-state index contributed by atoms with van der Waals surface area (Å²) in [6, 6.07) is 18.9. The fraction of sp³-hybridized carbons (Fsp3) is 0.160. The zero-order chi connectivity index (χ0) is 24.6. The molecule has 1 aliphatic rings. The van der Waals surface area contributed by atoms with Crippen molar-refractivity contribution in [3.63, 3.8) is 0 Å². The highest BCUT2D eigenvalue weighted by molar-refractivity contribution is 9.10. The van der Waals surface area contributed by atoms with Crippen LogP contribution in [0.1, 0.15) is 23.6 Å². The molecule has 0 unspecified atom stereocenters. The number of carbonyl (C=O) groups is 2. The molecule has 0 saturated carbocycles. The van der Waals surface area contributed by atoms with Crippen molar-refractivity contribution >= 4 is 62.6 Å². The Bertz CT molecular complexity index is 1280. The highest BCUT2D eigenvalue weighted by Crippen LogP contribution is 2.38. The number of hydrogen-bond donors (Lipinski definition) is 2. The Balaban J connectivity index is 1.78. The van der Waals surface area contributed by atoms with Crippen LogP contribution in [0.3, 0.4) is 0 Å². The Morgan fingerprint density at radius 3 is 2.26 bits per heavy atom. The number of hydrogen-bond acceptors (Lipinski definition) is 3. The van der Waals surface area contributed by atoms with Gasteiger partial charge >= 0.3 is 6.03 Å². The molecular formula is C25H21BrCl2N4O2. The lowest BCUT2D eigenvalue weighted by molar-refractivity contribution is -0.124. The molecule has 1 atom stereocenters. The number of benzene rings is 3. The molecule has 1 aliphatic heterocycles. The first-order valence-corrected chi connectivity index (χ1v) is 11.9. The number of nitrogens with zero attached hydrogens (tertiary/aromatic N) is 2. The molecule has 3 N–H and O–H groups in total. The van der Waals surface area contributed by atoms with Crippen molar-refractivity contribution in [1.82, 2.24) is 4.90 Å². The van der Waals surface area contributed by atoms with E-state index in [0.717, 1.165) is 20.5 Å². The van der Waals surface area contributed by atoms with Gasteiger partial charge in [0.2, 0.25) is 0 Å². The number of nitrogens with two attached hydrogens (primary N) is 1. The van der Waals surface area contributed by atoms with E-state index in [4.69, 9.17) is 34.3 Å². The number of rotatable bonds is 6. The zero-order valence-corrected chi connectivity index (χ0v) is 21.3. The normalized spacial score (nSPS) is 18.0. The molecule has 1 saturated heterocycles. The topological polar surface area (TPSA) is 90.5 Å². The minimum absolute atomic E-state index is 0.0708. The second kappa shape index (κ2) is 9.41. The first-order chi connectivity index (χ1) is 16.1. The molecule has 6 nitrogen and oxygen atoms in total. The molecule has 1 fully saturated rings. The smallest absolute Gasteiger partial charge is 0.332 e. The van der Waals surface area contributed by atoms with Crippen LogP contribution in [-0.4, -0.2) is 28.2 Å². The van der Waals surface area contributed by atoms with Gasteiger partial charge in [-0.25, -0.2) is 9.69 Å². The van der Waals surface area contributed by atoms with Crippen molar-refractivity contribution in [2.75, 3.05) is 4.90 Å². The monoisotopic (exact) mass is 558 g/mol. The fourth-order valence-electron chi connectivity index (χ4n) is 4.10. The van der Waals surface area contributed by atoms with Gasteiger partial charge in [0.1, 0.15) is 11.4 Å². The summed E-state index contributed by atoms with van der Waals surface area (Å²) in [4.78, 5) is 30.2. The van der Waals surface area contributed by atoms with Gasteiger partial charge in [-0.3, -0.25) is 10.2 Å². The number of carbonyl (C=O) groups excluding carboxylic acids is 2. The summed E-state index contributed by atoms with van der Waals surface area (Å²) in [5, 5.41) is 8.37. The van der Waals surface area contributed by atoms with Crippen LogP contribution < -0.4 is 10.6 Å². The average Bonchev–Trinajstić information content (AvgIpc) is 2.95. The molecule has 34 heavy (non-hydrogen) atoms. The van der Waals surface area contributed by atoms with E-state index in [2.05, 4.69) is 15.9 Å². The minimum Gasteiger partial charge on any atom is -0.384 e. The molecule has 0 aromatic heterocycles. The number of amidine groups is 1. The molecule has 3 aromatic carbocycles. The molecule has 1 heterocycles. The van der Waals surface area contributed by atoms with Gasteiger partial charge in [-0.2, -0.15) is 0 Å². The largest absolute Gasteiger partial charge is 0.384 e. The van der Waals surface area contributed by atoms with Crippen molar-refractivity contribution < 1.29 is 9.59 Å². The number of nitrogen functional groups attached to an aromatic ring is 1. The van der Waals surface area contributed by atoms with Crippen molar-refractivity contribution in [2.45, 2.75) is 25.4 Å². The third-order valence-electron chi connectivity index (χ3n) is 5.83. The quantitative estimate of drug-likeness (QED) is 0.220. The van der Waals surface area contributed by atoms with Crippen LogP contribution in [0.2, 0.25) is 10.0 Å². The molecule has 0 aliphatic carbocycles. The lowest BCUT2D eigenvalue weighted by atomic mass is 9.90. The van der Waals surface area contributed by atoms with E-state index in [9.17, 15) is 9.59 Å². The Kier molecular flexibility index (Phi) is 6.71. The van der Waals surface area contributed by atoms with Gasteiger partial charge in [0.15, 0.2) is 0 Å². The van der Waals surface area contributed by atoms with Crippen molar-refractivity contribution in [3.8, 4) is 0 Å². The summed E-state index contributed by atoms with van der Waals surface area (Å²) in [5.41, 5.74) is 6.99. The molecule has 0 spiro atoms. The first kappa shape index (κ1) is 24.3. The summed E-state index contributed by atoms with van der Waals surface area (Å²) >= 11 is 15.8. The van der Waals surface area contributed by atoms with Crippen molar-refractivity contribution in [1.29, 1.82) is 5.41 Å².